The standard InChI is InChI=1S/C22H26N4O2S/c1-17-9-4-5-11-19(17)21-23-24-22(26(21)15-18-10-8-14-28-18)29-16-20(27)25-12-6-2-3-7-13-25/h4-5,8-11,14H,2-3,6-7,12-13,15-16H2,1H3. The highest BCUT2D eigenvalue weighted by Gasteiger charge is 2.20. The number of aryl methyl sites for hydroxylation is 1. The third-order valence-corrected chi connectivity index (χ3v) is 6.23. The van der Waals surface area contributed by atoms with E-state index in [2.05, 4.69) is 29.3 Å². The van der Waals surface area contributed by atoms with E-state index < -0.39 is 0 Å². The SMILES string of the molecule is Cc1ccccc1-c1nnc(SCC(=O)N2CCCCCC2)n1Cc1ccco1. The zero-order chi connectivity index (χ0) is 20.1. The van der Waals surface area contributed by atoms with Crippen molar-refractivity contribution in [2.75, 3.05) is 18.8 Å². The van der Waals surface area contributed by atoms with Gasteiger partial charge in [0.15, 0.2) is 11.0 Å². The number of rotatable bonds is 6. The second-order valence-electron chi connectivity index (χ2n) is 7.37. The fourth-order valence-electron chi connectivity index (χ4n) is 3.66. The summed E-state index contributed by atoms with van der Waals surface area (Å²) in [5.41, 5.74) is 2.18. The molecule has 1 aliphatic heterocycles. The minimum atomic E-state index is 0.182. The minimum absolute atomic E-state index is 0.182. The van der Waals surface area contributed by atoms with Gasteiger partial charge in [-0.05, 0) is 37.5 Å². The average molecular weight is 411 g/mol. The van der Waals surface area contributed by atoms with Gasteiger partial charge in [0, 0.05) is 18.7 Å². The average Bonchev–Trinajstić information content (AvgIpc) is 3.29. The van der Waals surface area contributed by atoms with Gasteiger partial charge in [-0.1, -0.05) is 48.9 Å². The second kappa shape index (κ2) is 9.31. The number of amides is 1. The Bertz CT molecular complexity index is 944. The summed E-state index contributed by atoms with van der Waals surface area (Å²) < 4.78 is 7.60. The molecule has 1 saturated heterocycles. The fraction of sp³-hybridized carbons (Fsp3) is 0.409. The van der Waals surface area contributed by atoms with Gasteiger partial charge in [-0.15, -0.1) is 10.2 Å². The molecular weight excluding hydrogens is 384 g/mol. The Morgan fingerprint density at radius 3 is 2.59 bits per heavy atom. The molecule has 0 atom stereocenters. The number of likely N-dealkylation sites (tertiary alicyclic amines) is 1. The molecule has 7 heteroatoms. The summed E-state index contributed by atoms with van der Waals surface area (Å²) >= 11 is 1.46. The first-order valence-corrected chi connectivity index (χ1v) is 11.1. The Morgan fingerprint density at radius 2 is 1.86 bits per heavy atom. The van der Waals surface area contributed by atoms with Crippen molar-refractivity contribution in [1.82, 2.24) is 19.7 Å². The number of hydrogen-bond acceptors (Lipinski definition) is 5. The van der Waals surface area contributed by atoms with Crippen molar-refractivity contribution in [3.05, 3.63) is 54.0 Å². The van der Waals surface area contributed by atoms with E-state index in [1.165, 1.54) is 24.6 Å². The molecule has 0 spiro atoms. The summed E-state index contributed by atoms with van der Waals surface area (Å²) in [5.74, 6) is 2.19. The maximum atomic E-state index is 12.7. The summed E-state index contributed by atoms with van der Waals surface area (Å²) in [5, 5.41) is 9.61. The zero-order valence-corrected chi connectivity index (χ0v) is 17.5. The first-order valence-electron chi connectivity index (χ1n) is 10.1. The van der Waals surface area contributed by atoms with Crippen LogP contribution in [0.4, 0.5) is 0 Å². The maximum absolute atomic E-state index is 12.7. The van der Waals surface area contributed by atoms with Gasteiger partial charge in [0.25, 0.3) is 0 Å². The zero-order valence-electron chi connectivity index (χ0n) is 16.7. The van der Waals surface area contributed by atoms with Crippen LogP contribution >= 0.6 is 11.8 Å². The van der Waals surface area contributed by atoms with Gasteiger partial charge in [-0.3, -0.25) is 9.36 Å². The Morgan fingerprint density at radius 1 is 1.07 bits per heavy atom. The molecule has 6 nitrogen and oxygen atoms in total. The number of benzene rings is 1. The predicted octanol–water partition coefficient (Wildman–Crippen LogP) is 4.39. The number of hydrogen-bond donors (Lipinski definition) is 0. The minimum Gasteiger partial charge on any atom is -0.467 e. The molecule has 0 bridgehead atoms. The van der Waals surface area contributed by atoms with Gasteiger partial charge in [0.2, 0.25) is 5.91 Å². The van der Waals surface area contributed by atoms with Crippen LogP contribution in [0.15, 0.2) is 52.2 Å². The fourth-order valence-corrected chi connectivity index (χ4v) is 4.50. The van der Waals surface area contributed by atoms with Gasteiger partial charge in [-0.2, -0.15) is 0 Å². The summed E-state index contributed by atoms with van der Waals surface area (Å²) in [7, 11) is 0. The molecule has 4 rings (SSSR count). The normalized spacial score (nSPS) is 14.7. The van der Waals surface area contributed by atoms with E-state index in [4.69, 9.17) is 4.42 Å². The molecule has 0 radical (unpaired) electrons. The van der Waals surface area contributed by atoms with Crippen LogP contribution in [0.5, 0.6) is 0 Å². The highest BCUT2D eigenvalue weighted by molar-refractivity contribution is 7.99. The van der Waals surface area contributed by atoms with Crippen LogP contribution in [0.25, 0.3) is 11.4 Å². The van der Waals surface area contributed by atoms with E-state index in [-0.39, 0.29) is 5.91 Å². The van der Waals surface area contributed by atoms with E-state index >= 15 is 0 Å². The third-order valence-electron chi connectivity index (χ3n) is 5.28. The molecule has 1 amide bonds. The predicted molar refractivity (Wildman–Crippen MR) is 114 cm³/mol. The Balaban J connectivity index is 1.56. The van der Waals surface area contributed by atoms with Gasteiger partial charge >= 0.3 is 0 Å². The summed E-state index contributed by atoms with van der Waals surface area (Å²) in [6.07, 6.45) is 6.30. The van der Waals surface area contributed by atoms with E-state index in [1.54, 1.807) is 6.26 Å². The lowest BCUT2D eigenvalue weighted by atomic mass is 10.1. The Kier molecular flexibility index (Phi) is 6.34. The van der Waals surface area contributed by atoms with Crippen LogP contribution in [-0.4, -0.2) is 44.4 Å². The van der Waals surface area contributed by atoms with Gasteiger partial charge in [0.1, 0.15) is 5.76 Å². The second-order valence-corrected chi connectivity index (χ2v) is 8.31. The number of carbonyl (C=O) groups excluding carboxylic acids is 1. The number of furan rings is 1. The van der Waals surface area contributed by atoms with Crippen LogP contribution < -0.4 is 0 Å². The monoisotopic (exact) mass is 410 g/mol. The van der Waals surface area contributed by atoms with Crippen molar-refractivity contribution in [3.8, 4) is 11.4 Å². The third kappa shape index (κ3) is 4.72. The molecule has 1 aliphatic rings. The molecule has 3 aromatic rings. The molecule has 29 heavy (non-hydrogen) atoms. The van der Waals surface area contributed by atoms with Crippen molar-refractivity contribution in [2.24, 2.45) is 0 Å². The van der Waals surface area contributed by atoms with Crippen molar-refractivity contribution in [3.63, 3.8) is 0 Å². The molecule has 0 saturated carbocycles. The van der Waals surface area contributed by atoms with Crippen molar-refractivity contribution in [2.45, 2.75) is 44.3 Å². The summed E-state index contributed by atoms with van der Waals surface area (Å²) in [4.78, 5) is 14.7. The van der Waals surface area contributed by atoms with Crippen molar-refractivity contribution >= 4 is 17.7 Å². The van der Waals surface area contributed by atoms with Gasteiger partial charge in [0.05, 0.1) is 18.6 Å². The first-order chi connectivity index (χ1) is 14.2. The number of carbonyl (C=O) groups is 1. The molecule has 152 valence electrons. The summed E-state index contributed by atoms with van der Waals surface area (Å²) in [6.45, 7) is 4.33. The van der Waals surface area contributed by atoms with Crippen LogP contribution in [0.3, 0.4) is 0 Å². The van der Waals surface area contributed by atoms with E-state index in [1.807, 2.05) is 33.7 Å². The topological polar surface area (TPSA) is 64.2 Å². The smallest absolute Gasteiger partial charge is 0.233 e. The van der Waals surface area contributed by atoms with Crippen LogP contribution in [0.2, 0.25) is 0 Å². The van der Waals surface area contributed by atoms with Gasteiger partial charge in [-0.25, -0.2) is 0 Å². The molecule has 0 aliphatic carbocycles. The van der Waals surface area contributed by atoms with E-state index in [0.717, 1.165) is 53.8 Å². The van der Waals surface area contributed by atoms with Crippen LogP contribution in [-0.2, 0) is 11.3 Å². The van der Waals surface area contributed by atoms with E-state index in [9.17, 15) is 4.79 Å². The molecule has 2 aromatic heterocycles. The first kappa shape index (κ1) is 19.8. The summed E-state index contributed by atoms with van der Waals surface area (Å²) in [6, 6.07) is 12.0. The maximum Gasteiger partial charge on any atom is 0.233 e. The molecular formula is C22H26N4O2S. The van der Waals surface area contributed by atoms with Crippen LogP contribution in [0.1, 0.15) is 37.0 Å². The van der Waals surface area contributed by atoms with E-state index in [0.29, 0.717) is 12.3 Å². The largest absolute Gasteiger partial charge is 0.467 e. The molecule has 0 N–H and O–H groups in total. The highest BCUT2D eigenvalue weighted by atomic mass is 32.2. The molecule has 3 heterocycles. The Hall–Kier alpha value is -2.54. The Labute approximate surface area is 175 Å². The molecule has 1 aromatic carbocycles. The number of aromatic nitrogens is 3. The lowest BCUT2D eigenvalue weighted by Crippen LogP contribution is -2.33. The van der Waals surface area contributed by atoms with Crippen molar-refractivity contribution in [1.29, 1.82) is 0 Å². The molecule has 1 fully saturated rings. The van der Waals surface area contributed by atoms with Gasteiger partial charge < -0.3 is 9.32 Å². The quantitative estimate of drug-likeness (QED) is 0.564. The highest BCUT2D eigenvalue weighted by Crippen LogP contribution is 2.27. The molecule has 0 unspecified atom stereocenters. The van der Waals surface area contributed by atoms with Crippen molar-refractivity contribution < 1.29 is 9.21 Å². The number of thioether (sulfide) groups is 1. The van der Waals surface area contributed by atoms with Crippen LogP contribution in [0, 0.1) is 6.92 Å². The lowest BCUT2D eigenvalue weighted by Gasteiger charge is -2.19. The number of nitrogens with zero attached hydrogens (tertiary/aromatic N) is 4. The lowest BCUT2D eigenvalue weighted by molar-refractivity contribution is -0.128.